The summed E-state index contributed by atoms with van der Waals surface area (Å²) in [7, 11) is 0. The minimum Gasteiger partial charge on any atom is -0.378 e. The van der Waals surface area contributed by atoms with Crippen LogP contribution in [0.1, 0.15) is 23.1 Å². The Morgan fingerprint density at radius 3 is 2.18 bits per heavy atom. The molecule has 3 heterocycles. The summed E-state index contributed by atoms with van der Waals surface area (Å²) in [4.78, 5) is 35.6. The molecule has 2 aliphatic heterocycles. The first-order valence-corrected chi connectivity index (χ1v) is 11.6. The van der Waals surface area contributed by atoms with Gasteiger partial charge in [0.25, 0.3) is 0 Å². The lowest BCUT2D eigenvalue weighted by atomic mass is 9.98. The van der Waals surface area contributed by atoms with Gasteiger partial charge in [-0.3, -0.25) is 9.59 Å². The van der Waals surface area contributed by atoms with Crippen molar-refractivity contribution in [2.75, 3.05) is 57.4 Å². The molecule has 8 nitrogen and oxygen atoms in total. The number of nitrogens with zero attached hydrogens (tertiary/aromatic N) is 5. The Labute approximate surface area is 193 Å². The van der Waals surface area contributed by atoms with E-state index in [1.165, 1.54) is 5.56 Å². The molecule has 33 heavy (non-hydrogen) atoms. The second-order valence-corrected chi connectivity index (χ2v) is 8.63. The lowest BCUT2D eigenvalue weighted by Gasteiger charge is -2.37. The van der Waals surface area contributed by atoms with Crippen molar-refractivity contribution in [3.05, 3.63) is 47.0 Å². The van der Waals surface area contributed by atoms with Gasteiger partial charge in [0.2, 0.25) is 0 Å². The summed E-state index contributed by atoms with van der Waals surface area (Å²) in [5.41, 5.74) is 4.98. The van der Waals surface area contributed by atoms with E-state index in [1.807, 2.05) is 18.2 Å². The first kappa shape index (κ1) is 21.4. The predicted molar refractivity (Wildman–Crippen MR) is 123 cm³/mol. The van der Waals surface area contributed by atoms with Crippen LogP contribution < -0.4 is 4.90 Å². The van der Waals surface area contributed by atoms with Crippen molar-refractivity contribution >= 4 is 17.6 Å². The third-order valence-corrected chi connectivity index (χ3v) is 6.75. The molecule has 0 unspecified atom stereocenters. The van der Waals surface area contributed by atoms with Crippen molar-refractivity contribution in [1.82, 2.24) is 14.8 Å². The lowest BCUT2D eigenvalue weighted by Crippen LogP contribution is -2.55. The summed E-state index contributed by atoms with van der Waals surface area (Å²) in [6.07, 6.45) is 2.86. The number of morpholine rings is 1. The zero-order valence-corrected chi connectivity index (χ0v) is 18.6. The van der Waals surface area contributed by atoms with Crippen LogP contribution in [0.3, 0.4) is 0 Å². The Balaban J connectivity index is 1.37. The molecule has 1 aromatic heterocycles. The molecule has 0 radical (unpaired) electrons. The molecule has 0 saturated carbocycles. The van der Waals surface area contributed by atoms with Crippen LogP contribution in [0.5, 0.6) is 0 Å². The molecule has 2 amide bonds. The van der Waals surface area contributed by atoms with Gasteiger partial charge >= 0.3 is 11.8 Å². The normalized spacial score (nSPS) is 18.1. The molecule has 5 rings (SSSR count). The summed E-state index contributed by atoms with van der Waals surface area (Å²) in [5, 5.41) is 9.99. The second-order valence-electron chi connectivity index (χ2n) is 8.63. The molecule has 170 valence electrons. The minimum absolute atomic E-state index is 0.430. The van der Waals surface area contributed by atoms with Crippen molar-refractivity contribution in [2.45, 2.75) is 19.3 Å². The highest BCUT2D eigenvalue weighted by molar-refractivity contribution is 6.35. The fourth-order valence-corrected chi connectivity index (χ4v) is 4.98. The molecule has 1 aromatic carbocycles. The van der Waals surface area contributed by atoms with E-state index >= 15 is 0 Å². The van der Waals surface area contributed by atoms with E-state index in [2.05, 4.69) is 23.1 Å². The number of hydrogen-bond donors (Lipinski definition) is 0. The molecule has 0 atom stereocenters. The van der Waals surface area contributed by atoms with E-state index < -0.39 is 11.8 Å². The molecule has 2 aromatic rings. The Morgan fingerprint density at radius 2 is 1.52 bits per heavy atom. The highest BCUT2D eigenvalue weighted by atomic mass is 16.5. The number of pyridine rings is 1. The number of benzene rings is 1. The maximum absolute atomic E-state index is 12.8. The highest BCUT2D eigenvalue weighted by Gasteiger charge is 2.32. The molecular formula is C25H27N5O3. The van der Waals surface area contributed by atoms with Gasteiger partial charge in [0.05, 0.1) is 24.5 Å². The number of nitriles is 1. The van der Waals surface area contributed by atoms with Crippen LogP contribution in [-0.2, 0) is 27.2 Å². The van der Waals surface area contributed by atoms with Gasteiger partial charge in [-0.25, -0.2) is 4.98 Å². The first-order valence-electron chi connectivity index (χ1n) is 11.6. The number of hydrogen-bond acceptors (Lipinski definition) is 6. The fraction of sp³-hybridized carbons (Fsp3) is 0.440. The number of rotatable bonds is 2. The topological polar surface area (TPSA) is 89.8 Å². The van der Waals surface area contributed by atoms with Crippen molar-refractivity contribution < 1.29 is 14.3 Å². The van der Waals surface area contributed by atoms with Crippen LogP contribution in [-0.4, -0.2) is 79.1 Å². The van der Waals surface area contributed by atoms with Crippen LogP contribution in [0.25, 0.3) is 11.3 Å². The number of piperazine rings is 1. The maximum atomic E-state index is 12.8. The Morgan fingerprint density at radius 1 is 0.879 bits per heavy atom. The van der Waals surface area contributed by atoms with Crippen LogP contribution in [0, 0.1) is 11.3 Å². The summed E-state index contributed by atoms with van der Waals surface area (Å²) in [6, 6.07) is 12.5. The third kappa shape index (κ3) is 4.05. The summed E-state index contributed by atoms with van der Waals surface area (Å²) in [6.45, 7) is 3.79. The van der Waals surface area contributed by atoms with Gasteiger partial charge < -0.3 is 19.4 Å². The molecule has 0 N–H and O–H groups in total. The molecule has 0 bridgehead atoms. The number of anilines is 1. The zero-order chi connectivity index (χ0) is 22.8. The quantitative estimate of drug-likeness (QED) is 0.653. The SMILES string of the molecule is N#Cc1c(N2CCN(C(=O)C(=O)N3CCOCC3)CC2)nc(-c2ccccc2)c2c1CCC2. The Hall–Kier alpha value is -3.44. The van der Waals surface area contributed by atoms with E-state index in [-0.39, 0.29) is 0 Å². The summed E-state index contributed by atoms with van der Waals surface area (Å²) < 4.78 is 5.27. The molecule has 2 fully saturated rings. The van der Waals surface area contributed by atoms with Crippen LogP contribution >= 0.6 is 0 Å². The molecule has 3 aliphatic rings. The maximum Gasteiger partial charge on any atom is 0.312 e. The van der Waals surface area contributed by atoms with E-state index in [0.717, 1.165) is 36.1 Å². The monoisotopic (exact) mass is 445 g/mol. The Kier molecular flexibility index (Phi) is 5.97. The number of fused-ring (bicyclic) bond motifs is 1. The molecule has 2 saturated heterocycles. The smallest absolute Gasteiger partial charge is 0.312 e. The van der Waals surface area contributed by atoms with E-state index in [4.69, 9.17) is 9.72 Å². The molecule has 0 spiro atoms. The van der Waals surface area contributed by atoms with Crippen molar-refractivity contribution in [3.63, 3.8) is 0 Å². The third-order valence-electron chi connectivity index (χ3n) is 6.75. The highest BCUT2D eigenvalue weighted by Crippen LogP contribution is 2.37. The number of ether oxygens (including phenoxy) is 1. The number of amides is 2. The molecular weight excluding hydrogens is 418 g/mol. The largest absolute Gasteiger partial charge is 0.378 e. The van der Waals surface area contributed by atoms with Gasteiger partial charge in [0.1, 0.15) is 11.9 Å². The standard InChI is InChI=1S/C25H27N5O3/c26-17-21-19-7-4-8-20(19)22(18-5-2-1-3-6-18)27-23(21)28-9-11-29(12-10-28)24(31)25(32)30-13-15-33-16-14-30/h1-3,5-6H,4,7-16H2. The van der Waals surface area contributed by atoms with Crippen molar-refractivity contribution in [3.8, 4) is 17.3 Å². The number of aromatic nitrogens is 1. The van der Waals surface area contributed by atoms with Crippen LogP contribution in [0.2, 0.25) is 0 Å². The molecule has 8 heteroatoms. The molecule has 1 aliphatic carbocycles. The van der Waals surface area contributed by atoms with E-state index in [9.17, 15) is 14.9 Å². The summed E-state index contributed by atoms with van der Waals surface area (Å²) >= 11 is 0. The predicted octanol–water partition coefficient (Wildman–Crippen LogP) is 1.62. The average Bonchev–Trinajstić information content (AvgIpc) is 3.38. The van der Waals surface area contributed by atoms with Gasteiger partial charge in [-0.1, -0.05) is 30.3 Å². The zero-order valence-electron chi connectivity index (χ0n) is 18.6. The number of carbonyl (C=O) groups is 2. The fourth-order valence-electron chi connectivity index (χ4n) is 4.98. The van der Waals surface area contributed by atoms with Gasteiger partial charge in [-0.2, -0.15) is 5.26 Å². The second kappa shape index (κ2) is 9.20. The lowest BCUT2D eigenvalue weighted by molar-refractivity contribution is -0.154. The average molecular weight is 446 g/mol. The summed E-state index contributed by atoms with van der Waals surface area (Å²) in [5.74, 6) is -0.209. The van der Waals surface area contributed by atoms with E-state index in [0.29, 0.717) is 63.9 Å². The first-order chi connectivity index (χ1) is 16.2. The van der Waals surface area contributed by atoms with Gasteiger partial charge in [-0.15, -0.1) is 0 Å². The number of carbonyl (C=O) groups excluding carboxylic acids is 2. The van der Waals surface area contributed by atoms with Crippen molar-refractivity contribution in [1.29, 1.82) is 5.26 Å². The van der Waals surface area contributed by atoms with E-state index in [1.54, 1.807) is 9.80 Å². The van der Waals surface area contributed by atoms with Gasteiger partial charge in [-0.05, 0) is 30.4 Å². The van der Waals surface area contributed by atoms with Crippen LogP contribution in [0.15, 0.2) is 30.3 Å². The minimum atomic E-state index is -0.455. The Bertz CT molecular complexity index is 1100. The van der Waals surface area contributed by atoms with Gasteiger partial charge in [0, 0.05) is 44.8 Å². The van der Waals surface area contributed by atoms with Crippen LogP contribution in [0.4, 0.5) is 5.82 Å². The van der Waals surface area contributed by atoms with Gasteiger partial charge in [0.15, 0.2) is 0 Å². The van der Waals surface area contributed by atoms with Crippen molar-refractivity contribution in [2.24, 2.45) is 0 Å².